The van der Waals surface area contributed by atoms with Crippen LogP contribution in [-0.2, 0) is 14.6 Å². The largest absolute Gasteiger partial charge is 0.496 e. The van der Waals surface area contributed by atoms with E-state index in [0.717, 1.165) is 5.56 Å². The third-order valence-electron chi connectivity index (χ3n) is 2.45. The molecule has 5 heteroatoms. The number of carbonyl (C=O) groups excluding carboxylic acids is 1. The van der Waals surface area contributed by atoms with Crippen LogP contribution in [0.5, 0.6) is 5.75 Å². The van der Waals surface area contributed by atoms with Gasteiger partial charge in [0.1, 0.15) is 11.5 Å². The standard InChI is InChI=1S/C12H16O4S/c1-9-8-11(4-5-12(9)16-3)17(14,15)7-6-10(2)13/h4-5,8H,6-7H2,1-3H3. The molecule has 0 aliphatic heterocycles. The summed E-state index contributed by atoms with van der Waals surface area (Å²) in [4.78, 5) is 11.0. The van der Waals surface area contributed by atoms with Gasteiger partial charge in [-0.2, -0.15) is 0 Å². The van der Waals surface area contributed by atoms with Crippen molar-refractivity contribution in [3.8, 4) is 5.75 Å². The Labute approximate surface area is 102 Å². The van der Waals surface area contributed by atoms with Gasteiger partial charge in [-0.1, -0.05) is 0 Å². The maximum absolute atomic E-state index is 11.9. The third kappa shape index (κ3) is 3.56. The van der Waals surface area contributed by atoms with Crippen LogP contribution in [0, 0.1) is 6.92 Å². The molecule has 0 saturated heterocycles. The molecule has 0 atom stereocenters. The monoisotopic (exact) mass is 256 g/mol. The zero-order valence-electron chi connectivity index (χ0n) is 10.2. The van der Waals surface area contributed by atoms with Gasteiger partial charge < -0.3 is 4.74 Å². The first-order chi connectivity index (χ1) is 7.86. The average molecular weight is 256 g/mol. The lowest BCUT2D eigenvalue weighted by Crippen LogP contribution is -2.10. The summed E-state index contributed by atoms with van der Waals surface area (Å²) in [7, 11) is -1.85. The number of methoxy groups -OCH3 is 1. The number of benzene rings is 1. The van der Waals surface area contributed by atoms with E-state index in [4.69, 9.17) is 4.74 Å². The summed E-state index contributed by atoms with van der Waals surface area (Å²) in [5.41, 5.74) is 0.761. The molecule has 0 spiro atoms. The Bertz CT molecular complexity index is 517. The molecule has 1 aromatic carbocycles. The number of carbonyl (C=O) groups is 1. The lowest BCUT2D eigenvalue weighted by Gasteiger charge is -2.07. The molecule has 1 aromatic rings. The van der Waals surface area contributed by atoms with E-state index in [9.17, 15) is 13.2 Å². The fourth-order valence-corrected chi connectivity index (χ4v) is 2.86. The van der Waals surface area contributed by atoms with Gasteiger partial charge in [0, 0.05) is 6.42 Å². The first kappa shape index (κ1) is 13.7. The Balaban J connectivity index is 2.99. The maximum Gasteiger partial charge on any atom is 0.178 e. The highest BCUT2D eigenvalue weighted by Crippen LogP contribution is 2.22. The van der Waals surface area contributed by atoms with Crippen molar-refractivity contribution in [1.29, 1.82) is 0 Å². The van der Waals surface area contributed by atoms with Crippen molar-refractivity contribution in [3.05, 3.63) is 23.8 Å². The number of sulfone groups is 1. The van der Waals surface area contributed by atoms with Crippen molar-refractivity contribution in [2.75, 3.05) is 12.9 Å². The third-order valence-corrected chi connectivity index (χ3v) is 4.16. The summed E-state index contributed by atoms with van der Waals surface area (Å²) in [6.45, 7) is 3.16. The zero-order valence-corrected chi connectivity index (χ0v) is 11.0. The van der Waals surface area contributed by atoms with Crippen molar-refractivity contribution >= 4 is 15.6 Å². The Kier molecular flexibility index (Phi) is 4.28. The van der Waals surface area contributed by atoms with Crippen LogP contribution < -0.4 is 4.74 Å². The van der Waals surface area contributed by atoms with Crippen LogP contribution in [-0.4, -0.2) is 27.1 Å². The van der Waals surface area contributed by atoms with Crippen LogP contribution in [0.4, 0.5) is 0 Å². The molecular weight excluding hydrogens is 240 g/mol. The Morgan fingerprint density at radius 3 is 2.47 bits per heavy atom. The minimum Gasteiger partial charge on any atom is -0.496 e. The molecule has 0 aliphatic carbocycles. The van der Waals surface area contributed by atoms with Crippen LogP contribution >= 0.6 is 0 Å². The molecule has 0 aromatic heterocycles. The Morgan fingerprint density at radius 2 is 2.00 bits per heavy atom. The smallest absolute Gasteiger partial charge is 0.178 e. The molecule has 17 heavy (non-hydrogen) atoms. The highest BCUT2D eigenvalue weighted by atomic mass is 32.2. The van der Waals surface area contributed by atoms with Gasteiger partial charge in [-0.15, -0.1) is 0 Å². The molecule has 0 fully saturated rings. The molecule has 0 amide bonds. The fraction of sp³-hybridized carbons (Fsp3) is 0.417. The summed E-state index contributed by atoms with van der Waals surface area (Å²) >= 11 is 0. The first-order valence-corrected chi connectivity index (χ1v) is 6.89. The van der Waals surface area contributed by atoms with Gasteiger partial charge in [0.05, 0.1) is 17.8 Å². The van der Waals surface area contributed by atoms with E-state index in [-0.39, 0.29) is 22.9 Å². The number of aryl methyl sites for hydroxylation is 1. The molecule has 0 aliphatic rings. The van der Waals surface area contributed by atoms with Gasteiger partial charge in [-0.05, 0) is 37.6 Å². The van der Waals surface area contributed by atoms with E-state index in [1.54, 1.807) is 19.1 Å². The van der Waals surface area contributed by atoms with E-state index >= 15 is 0 Å². The van der Waals surface area contributed by atoms with Crippen LogP contribution in [0.2, 0.25) is 0 Å². The van der Waals surface area contributed by atoms with Crippen LogP contribution in [0.25, 0.3) is 0 Å². The molecule has 1 rings (SSSR count). The average Bonchev–Trinajstić information content (AvgIpc) is 2.26. The van der Waals surface area contributed by atoms with Gasteiger partial charge in [-0.25, -0.2) is 8.42 Å². The predicted molar refractivity (Wildman–Crippen MR) is 65.1 cm³/mol. The number of Topliss-reactive ketones (excluding diaryl/α,β-unsaturated/α-hetero) is 1. The number of ketones is 1. The molecule has 4 nitrogen and oxygen atoms in total. The van der Waals surface area contributed by atoms with Crippen molar-refractivity contribution in [2.45, 2.75) is 25.2 Å². The van der Waals surface area contributed by atoms with Gasteiger partial charge >= 0.3 is 0 Å². The molecule has 0 bridgehead atoms. The van der Waals surface area contributed by atoms with Gasteiger partial charge in [0.15, 0.2) is 9.84 Å². The second kappa shape index (κ2) is 5.31. The highest BCUT2D eigenvalue weighted by Gasteiger charge is 2.16. The highest BCUT2D eigenvalue weighted by molar-refractivity contribution is 7.91. The number of hydrogen-bond donors (Lipinski definition) is 0. The van der Waals surface area contributed by atoms with Gasteiger partial charge in [0.2, 0.25) is 0 Å². The molecular formula is C12H16O4S. The number of hydrogen-bond acceptors (Lipinski definition) is 4. The van der Waals surface area contributed by atoms with E-state index in [0.29, 0.717) is 5.75 Å². The first-order valence-electron chi connectivity index (χ1n) is 5.23. The van der Waals surface area contributed by atoms with Crippen molar-refractivity contribution in [3.63, 3.8) is 0 Å². The fourth-order valence-electron chi connectivity index (χ4n) is 1.44. The second-order valence-corrected chi connectivity index (χ2v) is 6.01. The second-order valence-electron chi connectivity index (χ2n) is 3.90. The SMILES string of the molecule is COc1ccc(S(=O)(=O)CCC(C)=O)cc1C. The molecule has 0 heterocycles. The lowest BCUT2D eigenvalue weighted by atomic mass is 10.2. The summed E-state index contributed by atoms with van der Waals surface area (Å²) in [6.07, 6.45) is 0.0490. The van der Waals surface area contributed by atoms with Crippen LogP contribution in [0.3, 0.4) is 0 Å². The topological polar surface area (TPSA) is 60.4 Å². The predicted octanol–water partition coefficient (Wildman–Crippen LogP) is 1.76. The molecule has 0 radical (unpaired) electrons. The Hall–Kier alpha value is -1.36. The summed E-state index contributed by atoms with van der Waals surface area (Å²) in [5.74, 6) is 0.378. The van der Waals surface area contributed by atoms with Crippen molar-refractivity contribution < 1.29 is 17.9 Å². The van der Waals surface area contributed by atoms with Crippen LogP contribution in [0.1, 0.15) is 18.9 Å². The molecule has 0 saturated carbocycles. The molecule has 0 N–H and O–H groups in total. The summed E-state index contributed by atoms with van der Waals surface area (Å²) in [5, 5.41) is 0. The number of ether oxygens (including phenoxy) is 1. The summed E-state index contributed by atoms with van der Waals surface area (Å²) in [6, 6.07) is 4.69. The summed E-state index contributed by atoms with van der Waals surface area (Å²) < 4.78 is 28.9. The molecule has 0 unspecified atom stereocenters. The molecule has 94 valence electrons. The Morgan fingerprint density at radius 1 is 1.35 bits per heavy atom. The minimum absolute atomic E-state index is 0.0490. The van der Waals surface area contributed by atoms with Crippen LogP contribution in [0.15, 0.2) is 23.1 Å². The van der Waals surface area contributed by atoms with Gasteiger partial charge in [-0.3, -0.25) is 4.79 Å². The normalized spacial score (nSPS) is 11.2. The van der Waals surface area contributed by atoms with E-state index < -0.39 is 9.84 Å². The quantitative estimate of drug-likeness (QED) is 0.805. The zero-order chi connectivity index (χ0) is 13.1. The maximum atomic E-state index is 11.9. The van der Waals surface area contributed by atoms with Crippen molar-refractivity contribution in [2.24, 2.45) is 0 Å². The van der Waals surface area contributed by atoms with E-state index in [1.165, 1.54) is 20.1 Å². The van der Waals surface area contributed by atoms with E-state index in [1.807, 2.05) is 0 Å². The van der Waals surface area contributed by atoms with Gasteiger partial charge in [0.25, 0.3) is 0 Å². The number of rotatable bonds is 5. The van der Waals surface area contributed by atoms with E-state index in [2.05, 4.69) is 0 Å². The lowest BCUT2D eigenvalue weighted by molar-refractivity contribution is -0.116. The van der Waals surface area contributed by atoms with Crippen molar-refractivity contribution in [1.82, 2.24) is 0 Å². The minimum atomic E-state index is -3.38.